The van der Waals surface area contributed by atoms with E-state index < -0.39 is 27.8 Å². The molecule has 4 N–H and O–H groups in total. The first kappa shape index (κ1) is 27.3. The van der Waals surface area contributed by atoms with E-state index in [0.29, 0.717) is 35.5 Å². The Bertz CT molecular complexity index is 1420. The summed E-state index contributed by atoms with van der Waals surface area (Å²) in [5.74, 6) is -0.226. The highest BCUT2D eigenvalue weighted by atomic mass is 32.2. The van der Waals surface area contributed by atoms with E-state index in [4.69, 9.17) is 4.74 Å². The molecule has 10 heteroatoms. The van der Waals surface area contributed by atoms with Gasteiger partial charge in [0, 0.05) is 30.3 Å². The number of aliphatic hydroxyl groups excluding tert-OH is 1. The van der Waals surface area contributed by atoms with E-state index in [0.717, 1.165) is 5.56 Å². The van der Waals surface area contributed by atoms with Crippen LogP contribution in [0.4, 0.5) is 5.69 Å². The van der Waals surface area contributed by atoms with Crippen molar-refractivity contribution in [2.75, 3.05) is 11.9 Å². The molecule has 1 heterocycles. The standard InChI is InChI=1S/C28H31N3O6S/c1-18(32)30-21-10-12-22(13-11-21)38(35,36)31-25-23-17-20(9-14-24(23)37-28(2,3)26(25)33)27(34)29-16-15-19-7-5-4-6-8-19/h4-14,17,25-26,31,33H,15-16H2,1-3H3,(H,29,34)(H,30,32)/t25-,26+/m1/s1. The van der Waals surface area contributed by atoms with Crippen LogP contribution in [0.5, 0.6) is 5.75 Å². The number of hydrogen-bond acceptors (Lipinski definition) is 6. The molecule has 0 saturated heterocycles. The fourth-order valence-corrected chi connectivity index (χ4v) is 5.51. The maximum Gasteiger partial charge on any atom is 0.251 e. The monoisotopic (exact) mass is 537 g/mol. The van der Waals surface area contributed by atoms with Gasteiger partial charge >= 0.3 is 0 Å². The van der Waals surface area contributed by atoms with Gasteiger partial charge in [-0.1, -0.05) is 30.3 Å². The van der Waals surface area contributed by atoms with Gasteiger partial charge < -0.3 is 20.5 Å². The molecule has 1 aliphatic rings. The van der Waals surface area contributed by atoms with E-state index in [-0.39, 0.29) is 16.7 Å². The molecule has 0 saturated carbocycles. The molecule has 38 heavy (non-hydrogen) atoms. The lowest BCUT2D eigenvalue weighted by Crippen LogP contribution is -2.53. The van der Waals surface area contributed by atoms with Gasteiger partial charge in [0.15, 0.2) is 0 Å². The molecule has 4 rings (SSSR count). The van der Waals surface area contributed by atoms with Gasteiger partial charge in [-0.05, 0) is 68.3 Å². The first-order chi connectivity index (χ1) is 18.0. The molecule has 0 aliphatic carbocycles. The minimum atomic E-state index is -4.09. The van der Waals surface area contributed by atoms with Crippen molar-refractivity contribution in [1.29, 1.82) is 0 Å². The number of amides is 2. The van der Waals surface area contributed by atoms with Gasteiger partial charge in [-0.25, -0.2) is 13.1 Å². The van der Waals surface area contributed by atoms with Crippen molar-refractivity contribution in [3.8, 4) is 5.75 Å². The van der Waals surface area contributed by atoms with Gasteiger partial charge in [-0.3, -0.25) is 9.59 Å². The number of ether oxygens (including phenoxy) is 1. The molecule has 2 atom stereocenters. The maximum atomic E-state index is 13.3. The van der Waals surface area contributed by atoms with Crippen molar-refractivity contribution in [2.24, 2.45) is 0 Å². The van der Waals surface area contributed by atoms with Crippen LogP contribution in [0.2, 0.25) is 0 Å². The number of fused-ring (bicyclic) bond motifs is 1. The normalized spacial score (nSPS) is 18.1. The summed E-state index contributed by atoms with van der Waals surface area (Å²) in [6, 6.07) is 19.1. The number of nitrogens with one attached hydrogen (secondary N) is 3. The Hall–Kier alpha value is -3.73. The van der Waals surface area contributed by atoms with Crippen LogP contribution in [0.25, 0.3) is 0 Å². The SMILES string of the molecule is CC(=O)Nc1ccc(S(=O)(=O)N[C@@H]2c3cc(C(=O)NCCc4ccccc4)ccc3OC(C)(C)[C@H]2O)cc1. The highest BCUT2D eigenvalue weighted by molar-refractivity contribution is 7.89. The molecule has 3 aromatic rings. The fourth-order valence-electron chi connectivity index (χ4n) is 4.29. The van der Waals surface area contributed by atoms with Crippen LogP contribution in [0, 0.1) is 0 Å². The van der Waals surface area contributed by atoms with Crippen molar-refractivity contribution < 1.29 is 27.9 Å². The van der Waals surface area contributed by atoms with E-state index in [1.165, 1.54) is 31.2 Å². The summed E-state index contributed by atoms with van der Waals surface area (Å²) < 4.78 is 35.1. The summed E-state index contributed by atoms with van der Waals surface area (Å²) in [4.78, 5) is 24.1. The van der Waals surface area contributed by atoms with Gasteiger partial charge in [0.1, 0.15) is 17.5 Å². The van der Waals surface area contributed by atoms with Gasteiger partial charge in [0.2, 0.25) is 15.9 Å². The molecule has 9 nitrogen and oxygen atoms in total. The predicted molar refractivity (Wildman–Crippen MR) is 143 cm³/mol. The molecule has 0 bridgehead atoms. The zero-order chi connectivity index (χ0) is 27.5. The Balaban J connectivity index is 1.56. The van der Waals surface area contributed by atoms with Gasteiger partial charge in [-0.2, -0.15) is 0 Å². The second-order valence-electron chi connectivity index (χ2n) is 9.70. The molecule has 0 aromatic heterocycles. The number of rotatable bonds is 8. The summed E-state index contributed by atoms with van der Waals surface area (Å²) in [7, 11) is -4.09. The second kappa shape index (κ2) is 10.9. The number of carbonyl (C=O) groups excluding carboxylic acids is 2. The Morgan fingerprint density at radius 1 is 1.00 bits per heavy atom. The maximum absolute atomic E-state index is 13.3. The minimum Gasteiger partial charge on any atom is -0.485 e. The fraction of sp³-hybridized carbons (Fsp3) is 0.286. The molecule has 3 aromatic carbocycles. The highest BCUT2D eigenvalue weighted by Crippen LogP contribution is 2.41. The molecular weight excluding hydrogens is 506 g/mol. The summed E-state index contributed by atoms with van der Waals surface area (Å²) in [5, 5.41) is 16.6. The van der Waals surface area contributed by atoms with E-state index in [1.54, 1.807) is 32.0 Å². The summed E-state index contributed by atoms with van der Waals surface area (Å²) in [6.45, 7) is 5.11. The summed E-state index contributed by atoms with van der Waals surface area (Å²) in [6.07, 6.45) is -0.587. The molecule has 1 aliphatic heterocycles. The van der Waals surface area contributed by atoms with E-state index in [1.807, 2.05) is 30.3 Å². The number of hydrogen-bond donors (Lipinski definition) is 4. The Morgan fingerprint density at radius 3 is 2.34 bits per heavy atom. The summed E-state index contributed by atoms with van der Waals surface area (Å²) in [5.41, 5.74) is 1.12. The lowest BCUT2D eigenvalue weighted by molar-refractivity contribution is -0.114. The van der Waals surface area contributed by atoms with Crippen LogP contribution in [-0.2, 0) is 21.2 Å². The van der Waals surface area contributed by atoms with Crippen LogP contribution in [0.1, 0.15) is 48.3 Å². The Morgan fingerprint density at radius 2 is 1.68 bits per heavy atom. The Labute approximate surface area is 222 Å². The smallest absolute Gasteiger partial charge is 0.251 e. The number of anilines is 1. The molecule has 2 amide bonds. The third kappa shape index (κ3) is 6.21. The van der Waals surface area contributed by atoms with Crippen LogP contribution in [0.3, 0.4) is 0 Å². The molecule has 200 valence electrons. The lowest BCUT2D eigenvalue weighted by atomic mass is 9.86. The van der Waals surface area contributed by atoms with Crippen LogP contribution < -0.4 is 20.1 Å². The van der Waals surface area contributed by atoms with Gasteiger partial charge in [-0.15, -0.1) is 0 Å². The average Bonchev–Trinajstić information content (AvgIpc) is 2.87. The summed E-state index contributed by atoms with van der Waals surface area (Å²) >= 11 is 0. The molecular formula is C28H31N3O6S. The first-order valence-electron chi connectivity index (χ1n) is 12.2. The molecule has 0 fully saturated rings. The largest absolute Gasteiger partial charge is 0.485 e. The topological polar surface area (TPSA) is 134 Å². The number of carbonyl (C=O) groups is 2. The lowest BCUT2D eigenvalue weighted by Gasteiger charge is -2.42. The van der Waals surface area contributed by atoms with Crippen LogP contribution in [0.15, 0.2) is 77.7 Å². The molecule has 0 radical (unpaired) electrons. The minimum absolute atomic E-state index is 0.0422. The third-order valence-corrected chi connectivity index (χ3v) is 7.77. The molecule has 0 unspecified atom stereocenters. The van der Waals surface area contributed by atoms with Crippen molar-refractivity contribution in [3.05, 3.63) is 89.5 Å². The van der Waals surface area contributed by atoms with Crippen LogP contribution >= 0.6 is 0 Å². The van der Waals surface area contributed by atoms with Crippen molar-refractivity contribution in [2.45, 2.75) is 49.8 Å². The highest BCUT2D eigenvalue weighted by Gasteiger charge is 2.44. The van der Waals surface area contributed by atoms with E-state index in [2.05, 4.69) is 15.4 Å². The van der Waals surface area contributed by atoms with Crippen molar-refractivity contribution in [3.63, 3.8) is 0 Å². The second-order valence-corrected chi connectivity index (χ2v) is 11.4. The van der Waals surface area contributed by atoms with Crippen LogP contribution in [-0.4, -0.2) is 43.6 Å². The zero-order valence-electron chi connectivity index (χ0n) is 21.4. The zero-order valence-corrected chi connectivity index (χ0v) is 22.2. The number of benzene rings is 3. The van der Waals surface area contributed by atoms with E-state index in [9.17, 15) is 23.1 Å². The molecule has 0 spiro atoms. The van der Waals surface area contributed by atoms with Gasteiger partial charge in [0.25, 0.3) is 5.91 Å². The van der Waals surface area contributed by atoms with Crippen molar-refractivity contribution in [1.82, 2.24) is 10.0 Å². The predicted octanol–water partition coefficient (Wildman–Crippen LogP) is 3.17. The van der Waals surface area contributed by atoms with Gasteiger partial charge in [0.05, 0.1) is 10.9 Å². The Kier molecular flexibility index (Phi) is 7.86. The van der Waals surface area contributed by atoms with E-state index >= 15 is 0 Å². The van der Waals surface area contributed by atoms with Crippen molar-refractivity contribution >= 4 is 27.5 Å². The number of aliphatic hydroxyl groups is 1. The third-order valence-electron chi connectivity index (χ3n) is 6.32. The average molecular weight is 538 g/mol. The quantitative estimate of drug-likeness (QED) is 0.349. The first-order valence-corrected chi connectivity index (χ1v) is 13.7. The number of sulfonamides is 1.